The number of nitrogens with zero attached hydrogens (tertiary/aromatic N) is 1. The zero-order valence-corrected chi connectivity index (χ0v) is 17.3. The topological polar surface area (TPSA) is 74.4 Å². The average Bonchev–Trinajstić information content (AvgIpc) is 3.09. The molecule has 6 nitrogen and oxygen atoms in total. The first-order valence-corrected chi connectivity index (χ1v) is 10.2. The van der Waals surface area contributed by atoms with E-state index in [0.717, 1.165) is 16.5 Å². The highest BCUT2D eigenvalue weighted by atomic mass is 35.5. The third kappa shape index (κ3) is 6.46. The molecule has 0 bridgehead atoms. The minimum absolute atomic E-state index is 0.244. The largest absolute Gasteiger partial charge is 0.464 e. The number of aromatic nitrogens is 1. The molecular weight excluding hydrogens is 401 g/mol. The van der Waals surface area contributed by atoms with Crippen molar-refractivity contribution in [1.82, 2.24) is 15.2 Å². The Kier molecular flexibility index (Phi) is 9.17. The van der Waals surface area contributed by atoms with Crippen LogP contribution >= 0.6 is 23.2 Å². The molecule has 1 heterocycles. The zero-order chi connectivity index (χ0) is 20.4. The molecule has 28 heavy (non-hydrogen) atoms. The third-order valence-corrected chi connectivity index (χ3v) is 4.50. The Labute approximate surface area is 174 Å². The van der Waals surface area contributed by atoms with E-state index in [2.05, 4.69) is 10.3 Å². The lowest BCUT2D eigenvalue weighted by molar-refractivity contribution is -0.146. The molecule has 1 amide bonds. The Morgan fingerprint density at radius 3 is 2.64 bits per heavy atom. The van der Waals surface area contributed by atoms with E-state index in [0.29, 0.717) is 31.3 Å². The van der Waals surface area contributed by atoms with E-state index in [1.54, 1.807) is 13.1 Å². The number of carbonyl (C=O) groups is 2. The summed E-state index contributed by atoms with van der Waals surface area (Å²) in [5.41, 5.74) is 1.91. The van der Waals surface area contributed by atoms with Gasteiger partial charge in [-0.2, -0.15) is 0 Å². The van der Waals surface area contributed by atoms with Gasteiger partial charge in [0, 0.05) is 60.6 Å². The fourth-order valence-corrected chi connectivity index (χ4v) is 3.26. The molecule has 0 saturated carbocycles. The summed E-state index contributed by atoms with van der Waals surface area (Å²) in [6.07, 6.45) is 5.19. The first kappa shape index (κ1) is 22.1. The number of fused-ring (bicyclic) bond motifs is 1. The van der Waals surface area contributed by atoms with Crippen LogP contribution in [0.3, 0.4) is 0 Å². The second-order valence-corrected chi connectivity index (χ2v) is 6.86. The number of benzene rings is 1. The number of amides is 1. The third-order valence-electron chi connectivity index (χ3n) is 4.17. The van der Waals surface area contributed by atoms with E-state index in [9.17, 15) is 9.59 Å². The van der Waals surface area contributed by atoms with Crippen LogP contribution in [0.2, 0.25) is 0 Å². The van der Waals surface area contributed by atoms with Gasteiger partial charge in [-0.3, -0.25) is 4.79 Å². The second-order valence-electron chi connectivity index (χ2n) is 6.11. The molecule has 2 N–H and O–H groups in total. The normalized spacial score (nSPS) is 12.2. The van der Waals surface area contributed by atoms with Gasteiger partial charge in [0.2, 0.25) is 5.91 Å². The molecular formula is C20H25Cl2N3O3. The van der Waals surface area contributed by atoms with Crippen LogP contribution in [0.15, 0.2) is 42.7 Å². The van der Waals surface area contributed by atoms with E-state index in [1.807, 2.05) is 35.4 Å². The number of rotatable bonds is 11. The number of nitrogens with one attached hydrogen (secondary N) is 2. The van der Waals surface area contributed by atoms with Gasteiger partial charge in [-0.05, 0) is 18.6 Å². The van der Waals surface area contributed by atoms with Crippen molar-refractivity contribution < 1.29 is 14.3 Å². The van der Waals surface area contributed by atoms with Crippen molar-refractivity contribution >= 4 is 46.0 Å². The maximum absolute atomic E-state index is 12.4. The van der Waals surface area contributed by atoms with E-state index in [-0.39, 0.29) is 12.5 Å². The predicted molar refractivity (Wildman–Crippen MR) is 113 cm³/mol. The van der Waals surface area contributed by atoms with Crippen molar-refractivity contribution in [1.29, 1.82) is 0 Å². The van der Waals surface area contributed by atoms with Crippen LogP contribution in [0.1, 0.15) is 12.5 Å². The van der Waals surface area contributed by atoms with Gasteiger partial charge in [0.05, 0.1) is 6.61 Å². The van der Waals surface area contributed by atoms with Crippen LogP contribution in [0, 0.1) is 0 Å². The molecule has 2 rings (SSSR count). The van der Waals surface area contributed by atoms with Crippen molar-refractivity contribution in [2.45, 2.75) is 19.4 Å². The molecule has 0 aliphatic carbocycles. The first-order valence-electron chi connectivity index (χ1n) is 9.15. The van der Waals surface area contributed by atoms with E-state index >= 15 is 0 Å². The van der Waals surface area contributed by atoms with Gasteiger partial charge in [0.25, 0.3) is 0 Å². The van der Waals surface area contributed by atoms with Crippen LogP contribution in [-0.2, 0) is 20.7 Å². The van der Waals surface area contributed by atoms with Gasteiger partial charge in [0.1, 0.15) is 6.04 Å². The van der Waals surface area contributed by atoms with Crippen molar-refractivity contribution in [2.24, 2.45) is 0 Å². The molecule has 152 valence electrons. The van der Waals surface area contributed by atoms with Gasteiger partial charge in [-0.1, -0.05) is 18.2 Å². The fraction of sp³-hybridized carbons (Fsp3) is 0.400. The number of ether oxygens (including phenoxy) is 1. The minimum Gasteiger partial charge on any atom is -0.464 e. The highest BCUT2D eigenvalue weighted by molar-refractivity contribution is 6.18. The van der Waals surface area contributed by atoms with Crippen LogP contribution in [0.4, 0.5) is 0 Å². The SMILES string of the molecule is CCOC(=O)[C@H](Cc1c[nH]c2ccccc12)NC(=O)/C=C/N(CCCl)CCCl. The van der Waals surface area contributed by atoms with Crippen molar-refractivity contribution in [3.63, 3.8) is 0 Å². The summed E-state index contributed by atoms with van der Waals surface area (Å²) in [4.78, 5) is 29.7. The highest BCUT2D eigenvalue weighted by Crippen LogP contribution is 2.19. The van der Waals surface area contributed by atoms with Gasteiger partial charge >= 0.3 is 5.97 Å². The summed E-state index contributed by atoms with van der Waals surface area (Å²) in [6, 6.07) is 7.02. The number of carbonyl (C=O) groups excluding carboxylic acids is 2. The van der Waals surface area contributed by atoms with Gasteiger partial charge in [0.15, 0.2) is 0 Å². The Morgan fingerprint density at radius 2 is 1.96 bits per heavy atom. The van der Waals surface area contributed by atoms with Gasteiger partial charge in [-0.25, -0.2) is 4.79 Å². The lowest BCUT2D eigenvalue weighted by Gasteiger charge is -2.18. The molecule has 1 aromatic carbocycles. The number of para-hydroxylation sites is 1. The standard InChI is InChI=1S/C20H25Cl2N3O3/c1-2-28-20(27)18(13-15-14-23-17-6-4-3-5-16(15)17)24-19(26)7-10-25(11-8-21)12-9-22/h3-7,10,14,18,23H,2,8-9,11-13H2,1H3,(H,24,26)/b10-7+/t18-/m0/s1. The monoisotopic (exact) mass is 425 g/mol. The zero-order valence-electron chi connectivity index (χ0n) is 15.8. The summed E-state index contributed by atoms with van der Waals surface area (Å²) in [7, 11) is 0. The highest BCUT2D eigenvalue weighted by Gasteiger charge is 2.23. The molecule has 8 heteroatoms. The van der Waals surface area contributed by atoms with E-state index in [1.165, 1.54) is 6.08 Å². The smallest absolute Gasteiger partial charge is 0.328 e. The van der Waals surface area contributed by atoms with Gasteiger partial charge < -0.3 is 19.9 Å². The van der Waals surface area contributed by atoms with Crippen LogP contribution in [-0.4, -0.2) is 59.3 Å². The van der Waals surface area contributed by atoms with Crippen molar-refractivity contribution in [3.8, 4) is 0 Å². The van der Waals surface area contributed by atoms with E-state index < -0.39 is 12.0 Å². The summed E-state index contributed by atoms with van der Waals surface area (Å²) < 4.78 is 5.14. The predicted octanol–water partition coefficient (Wildman–Crippen LogP) is 3.05. The van der Waals surface area contributed by atoms with Crippen molar-refractivity contribution in [2.75, 3.05) is 31.5 Å². The Hall–Kier alpha value is -2.18. The molecule has 0 radical (unpaired) electrons. The number of hydrogen-bond donors (Lipinski definition) is 2. The second kappa shape index (κ2) is 11.6. The average molecular weight is 426 g/mol. The molecule has 0 fully saturated rings. The Morgan fingerprint density at radius 1 is 1.25 bits per heavy atom. The number of esters is 1. The number of alkyl halides is 2. The quantitative estimate of drug-likeness (QED) is 0.329. The molecule has 0 aliphatic heterocycles. The maximum Gasteiger partial charge on any atom is 0.328 e. The van der Waals surface area contributed by atoms with Crippen LogP contribution in [0.5, 0.6) is 0 Å². The maximum atomic E-state index is 12.4. The number of aromatic amines is 1. The molecule has 0 unspecified atom stereocenters. The molecule has 0 spiro atoms. The lowest BCUT2D eigenvalue weighted by Crippen LogP contribution is -2.42. The Balaban J connectivity index is 2.10. The molecule has 0 aliphatic rings. The summed E-state index contributed by atoms with van der Waals surface area (Å²) in [6.45, 7) is 3.14. The summed E-state index contributed by atoms with van der Waals surface area (Å²) >= 11 is 11.5. The van der Waals surface area contributed by atoms with Gasteiger partial charge in [-0.15, -0.1) is 23.2 Å². The van der Waals surface area contributed by atoms with E-state index in [4.69, 9.17) is 27.9 Å². The lowest BCUT2D eigenvalue weighted by atomic mass is 10.0. The fourth-order valence-electron chi connectivity index (χ4n) is 2.83. The number of hydrogen-bond acceptors (Lipinski definition) is 4. The number of halogens is 2. The molecule has 2 aromatic rings. The molecule has 0 saturated heterocycles. The minimum atomic E-state index is -0.786. The first-order chi connectivity index (χ1) is 13.6. The van der Waals surface area contributed by atoms with Crippen molar-refractivity contribution in [3.05, 3.63) is 48.3 Å². The Bertz CT molecular complexity index is 801. The number of H-pyrrole nitrogens is 1. The molecule has 1 atom stereocenters. The summed E-state index contributed by atoms with van der Waals surface area (Å²) in [5.74, 6) is 0.00364. The van der Waals surface area contributed by atoms with Crippen LogP contribution in [0.25, 0.3) is 10.9 Å². The summed E-state index contributed by atoms with van der Waals surface area (Å²) in [5, 5.41) is 3.75. The van der Waals surface area contributed by atoms with Crippen LogP contribution < -0.4 is 5.32 Å². The molecule has 1 aromatic heterocycles.